The summed E-state index contributed by atoms with van der Waals surface area (Å²) in [5.74, 6) is 0.231. The first-order valence-corrected chi connectivity index (χ1v) is 8.99. The number of piperidine rings is 1. The molecular weight excluding hydrogens is 357 g/mol. The molecule has 3 rings (SSSR count). The highest BCUT2D eigenvalue weighted by Gasteiger charge is 2.22. The molecule has 2 aromatic rings. The van der Waals surface area contributed by atoms with Crippen LogP contribution in [0.1, 0.15) is 12.8 Å². The fraction of sp³-hybridized carbons (Fsp3) is 0.368. The van der Waals surface area contributed by atoms with Crippen LogP contribution in [0.4, 0.5) is 10.1 Å². The van der Waals surface area contributed by atoms with E-state index in [0.717, 1.165) is 25.9 Å². The van der Waals surface area contributed by atoms with Gasteiger partial charge in [-0.05, 0) is 56.1 Å². The molecule has 1 fully saturated rings. The summed E-state index contributed by atoms with van der Waals surface area (Å²) in [5.41, 5.74) is 0.216. The summed E-state index contributed by atoms with van der Waals surface area (Å²) >= 11 is 6.03. The Labute approximate surface area is 157 Å². The standard InChI is InChI=1S/C19H21ClFN3O2/c20-15-4-3-9-22-19(15)26-13-14-7-10-24(11-8-14)12-18(25)23-17-6-2-1-5-16(17)21/h1-6,9,14H,7-8,10-13H2,(H,23,25). The Balaban J connectivity index is 1.40. The normalized spacial score (nSPS) is 15.6. The Hall–Kier alpha value is -2.18. The maximum absolute atomic E-state index is 13.6. The molecule has 1 amide bonds. The van der Waals surface area contributed by atoms with Gasteiger partial charge in [-0.2, -0.15) is 0 Å². The van der Waals surface area contributed by atoms with Crippen molar-refractivity contribution in [1.29, 1.82) is 0 Å². The van der Waals surface area contributed by atoms with Gasteiger partial charge in [0.1, 0.15) is 10.8 Å². The number of rotatable bonds is 6. The predicted octanol–water partition coefficient (Wildman–Crippen LogP) is 3.60. The number of carbonyl (C=O) groups is 1. The predicted molar refractivity (Wildman–Crippen MR) is 98.9 cm³/mol. The first-order valence-electron chi connectivity index (χ1n) is 8.62. The van der Waals surface area contributed by atoms with E-state index in [1.807, 2.05) is 0 Å². The summed E-state index contributed by atoms with van der Waals surface area (Å²) in [6.07, 6.45) is 3.51. The summed E-state index contributed by atoms with van der Waals surface area (Å²) in [6, 6.07) is 9.68. The number of anilines is 1. The molecule has 5 nitrogen and oxygen atoms in total. The van der Waals surface area contributed by atoms with Gasteiger partial charge in [-0.25, -0.2) is 9.37 Å². The summed E-state index contributed by atoms with van der Waals surface area (Å²) in [7, 11) is 0. The zero-order valence-corrected chi connectivity index (χ0v) is 15.1. The number of carbonyl (C=O) groups excluding carboxylic acids is 1. The Morgan fingerprint density at radius 2 is 2.04 bits per heavy atom. The van der Waals surface area contributed by atoms with E-state index in [2.05, 4.69) is 15.2 Å². The van der Waals surface area contributed by atoms with Crippen LogP contribution in [-0.4, -0.2) is 42.0 Å². The number of ether oxygens (including phenoxy) is 1. The van der Waals surface area contributed by atoms with Crippen molar-refractivity contribution in [2.45, 2.75) is 12.8 Å². The van der Waals surface area contributed by atoms with Crippen LogP contribution in [0.25, 0.3) is 0 Å². The van der Waals surface area contributed by atoms with Gasteiger partial charge < -0.3 is 10.1 Å². The summed E-state index contributed by atoms with van der Waals surface area (Å²) < 4.78 is 19.3. The van der Waals surface area contributed by atoms with E-state index in [9.17, 15) is 9.18 Å². The third-order valence-corrected chi connectivity index (χ3v) is 4.69. The van der Waals surface area contributed by atoms with Crippen LogP contribution in [-0.2, 0) is 4.79 Å². The molecule has 1 aliphatic rings. The van der Waals surface area contributed by atoms with E-state index in [1.165, 1.54) is 6.07 Å². The van der Waals surface area contributed by atoms with Crippen LogP contribution in [0, 0.1) is 11.7 Å². The number of aromatic nitrogens is 1. The molecule has 1 aromatic heterocycles. The van der Waals surface area contributed by atoms with Crippen LogP contribution in [0.3, 0.4) is 0 Å². The van der Waals surface area contributed by atoms with E-state index < -0.39 is 5.82 Å². The average Bonchev–Trinajstić information content (AvgIpc) is 2.64. The largest absolute Gasteiger partial charge is 0.476 e. The third kappa shape index (κ3) is 5.16. The van der Waals surface area contributed by atoms with Crippen LogP contribution in [0.15, 0.2) is 42.6 Å². The lowest BCUT2D eigenvalue weighted by Gasteiger charge is -2.31. The van der Waals surface area contributed by atoms with Crippen molar-refractivity contribution >= 4 is 23.2 Å². The molecular formula is C19H21ClFN3O2. The number of halogens is 2. The fourth-order valence-corrected chi connectivity index (χ4v) is 3.12. The van der Waals surface area contributed by atoms with Crippen molar-refractivity contribution in [2.75, 3.05) is 31.6 Å². The lowest BCUT2D eigenvalue weighted by molar-refractivity contribution is -0.117. The molecule has 0 aliphatic carbocycles. The SMILES string of the molecule is O=C(CN1CCC(COc2ncccc2Cl)CC1)Nc1ccccc1F. The molecule has 1 N–H and O–H groups in total. The van der Waals surface area contributed by atoms with Gasteiger partial charge in [0.05, 0.1) is 18.8 Å². The zero-order valence-electron chi connectivity index (χ0n) is 14.3. The second-order valence-electron chi connectivity index (χ2n) is 6.35. The van der Waals surface area contributed by atoms with Crippen LogP contribution in [0.5, 0.6) is 5.88 Å². The molecule has 0 spiro atoms. The van der Waals surface area contributed by atoms with Crippen molar-refractivity contribution in [3.63, 3.8) is 0 Å². The van der Waals surface area contributed by atoms with E-state index >= 15 is 0 Å². The van der Waals surface area contributed by atoms with Gasteiger partial charge in [0.2, 0.25) is 11.8 Å². The maximum atomic E-state index is 13.6. The van der Waals surface area contributed by atoms with Crippen molar-refractivity contribution < 1.29 is 13.9 Å². The smallest absolute Gasteiger partial charge is 0.238 e. The number of likely N-dealkylation sites (tertiary alicyclic amines) is 1. The minimum atomic E-state index is -0.426. The molecule has 0 unspecified atom stereocenters. The Kier molecular flexibility index (Phi) is 6.41. The van der Waals surface area contributed by atoms with E-state index in [0.29, 0.717) is 23.4 Å². The number of hydrogen-bond donors (Lipinski definition) is 1. The molecule has 2 heterocycles. The topological polar surface area (TPSA) is 54.5 Å². The molecule has 0 saturated carbocycles. The highest BCUT2D eigenvalue weighted by molar-refractivity contribution is 6.31. The van der Waals surface area contributed by atoms with E-state index in [1.54, 1.807) is 36.5 Å². The summed E-state index contributed by atoms with van der Waals surface area (Å²) in [6.45, 7) is 2.42. The zero-order chi connectivity index (χ0) is 18.4. The molecule has 0 radical (unpaired) electrons. The van der Waals surface area contributed by atoms with Crippen molar-refractivity contribution in [1.82, 2.24) is 9.88 Å². The highest BCUT2D eigenvalue weighted by atomic mass is 35.5. The van der Waals surface area contributed by atoms with Gasteiger partial charge >= 0.3 is 0 Å². The highest BCUT2D eigenvalue weighted by Crippen LogP contribution is 2.23. The molecule has 26 heavy (non-hydrogen) atoms. The average molecular weight is 378 g/mol. The first-order chi connectivity index (χ1) is 12.6. The number of nitrogens with one attached hydrogen (secondary N) is 1. The second kappa shape index (κ2) is 8.96. The lowest BCUT2D eigenvalue weighted by Crippen LogP contribution is -2.40. The second-order valence-corrected chi connectivity index (χ2v) is 6.76. The molecule has 1 saturated heterocycles. The minimum absolute atomic E-state index is 0.204. The number of para-hydroxylation sites is 1. The van der Waals surface area contributed by atoms with Gasteiger partial charge in [0.15, 0.2) is 0 Å². The number of pyridine rings is 1. The number of hydrogen-bond acceptors (Lipinski definition) is 4. The molecule has 1 aromatic carbocycles. The first kappa shape index (κ1) is 18.6. The van der Waals surface area contributed by atoms with E-state index in [-0.39, 0.29) is 18.1 Å². The number of nitrogens with zero attached hydrogens (tertiary/aromatic N) is 2. The summed E-state index contributed by atoms with van der Waals surface area (Å²) in [5, 5.41) is 3.13. The minimum Gasteiger partial charge on any atom is -0.476 e. The van der Waals surface area contributed by atoms with Crippen LogP contribution in [0.2, 0.25) is 5.02 Å². The van der Waals surface area contributed by atoms with Gasteiger partial charge in [-0.15, -0.1) is 0 Å². The van der Waals surface area contributed by atoms with Crippen LogP contribution < -0.4 is 10.1 Å². The van der Waals surface area contributed by atoms with E-state index in [4.69, 9.17) is 16.3 Å². The quantitative estimate of drug-likeness (QED) is 0.835. The molecule has 1 aliphatic heterocycles. The maximum Gasteiger partial charge on any atom is 0.238 e. The van der Waals surface area contributed by atoms with Gasteiger partial charge in [0.25, 0.3) is 0 Å². The van der Waals surface area contributed by atoms with Crippen molar-refractivity contribution in [3.05, 3.63) is 53.4 Å². The monoisotopic (exact) mass is 377 g/mol. The number of amides is 1. The Morgan fingerprint density at radius 1 is 1.27 bits per heavy atom. The van der Waals surface area contributed by atoms with Gasteiger partial charge in [-0.3, -0.25) is 9.69 Å². The summed E-state index contributed by atoms with van der Waals surface area (Å²) in [4.78, 5) is 18.3. The molecule has 7 heteroatoms. The lowest BCUT2D eigenvalue weighted by atomic mass is 9.98. The third-order valence-electron chi connectivity index (χ3n) is 4.40. The molecule has 0 bridgehead atoms. The van der Waals surface area contributed by atoms with Crippen molar-refractivity contribution in [3.8, 4) is 5.88 Å². The Bertz CT molecular complexity index is 751. The van der Waals surface area contributed by atoms with Gasteiger partial charge in [-0.1, -0.05) is 23.7 Å². The molecule has 138 valence electrons. The number of benzene rings is 1. The molecule has 0 atom stereocenters. The Morgan fingerprint density at radius 3 is 2.77 bits per heavy atom. The van der Waals surface area contributed by atoms with Gasteiger partial charge in [0, 0.05) is 6.20 Å². The van der Waals surface area contributed by atoms with Crippen molar-refractivity contribution in [2.24, 2.45) is 5.92 Å². The van der Waals surface area contributed by atoms with Crippen LogP contribution >= 0.6 is 11.6 Å². The fourth-order valence-electron chi connectivity index (χ4n) is 2.94.